The van der Waals surface area contributed by atoms with Crippen molar-refractivity contribution in [2.75, 3.05) is 24.6 Å². The molecule has 2 aromatic heterocycles. The van der Waals surface area contributed by atoms with Crippen molar-refractivity contribution < 1.29 is 9.90 Å². The number of fused-ring (bicyclic) bond motifs is 1. The van der Waals surface area contributed by atoms with Gasteiger partial charge in [-0.2, -0.15) is 0 Å². The molecular weight excluding hydrogens is 366 g/mol. The number of hydrogen-bond acceptors (Lipinski definition) is 5. The van der Waals surface area contributed by atoms with Crippen LogP contribution in [0.25, 0.3) is 11.0 Å². The number of piperidine rings is 1. The Hall–Kier alpha value is -2.15. The van der Waals surface area contributed by atoms with Gasteiger partial charge in [0, 0.05) is 25.2 Å². The smallest absolute Gasteiger partial charge is 0.224 e. The van der Waals surface area contributed by atoms with Crippen molar-refractivity contribution in [1.29, 1.82) is 0 Å². The standard InChI is InChI=1S/C22H31N5O2/c28-12-18(15-4-2-1-3-5-15)26-21(29)17-7-11-27(13-22(17)8-9-22)20-16-6-10-23-19(16)24-14-25-20/h6,10,14-15,17-18,28H,1-5,7-9,11-13H2,(H,26,29)(H,23,24,25)/t17-,18?/m1/s1. The van der Waals surface area contributed by atoms with Crippen LogP contribution in [0.5, 0.6) is 0 Å². The molecule has 29 heavy (non-hydrogen) atoms. The number of nitrogens with one attached hydrogen (secondary N) is 2. The highest BCUT2D eigenvalue weighted by atomic mass is 16.3. The van der Waals surface area contributed by atoms with Crippen LogP contribution in [0.2, 0.25) is 0 Å². The minimum absolute atomic E-state index is 0.0416. The molecule has 2 saturated carbocycles. The lowest BCUT2D eigenvalue weighted by Gasteiger charge is -2.40. The van der Waals surface area contributed by atoms with Gasteiger partial charge in [0.15, 0.2) is 0 Å². The van der Waals surface area contributed by atoms with Crippen molar-refractivity contribution >= 4 is 22.8 Å². The summed E-state index contributed by atoms with van der Waals surface area (Å²) in [5, 5.41) is 14.2. The van der Waals surface area contributed by atoms with Crippen LogP contribution in [0.15, 0.2) is 18.6 Å². The van der Waals surface area contributed by atoms with Gasteiger partial charge >= 0.3 is 0 Å². The van der Waals surface area contributed by atoms with Crippen LogP contribution in [-0.2, 0) is 4.79 Å². The third kappa shape index (κ3) is 3.50. The van der Waals surface area contributed by atoms with E-state index < -0.39 is 0 Å². The van der Waals surface area contributed by atoms with Gasteiger partial charge in [-0.3, -0.25) is 4.79 Å². The largest absolute Gasteiger partial charge is 0.394 e. The molecule has 0 bridgehead atoms. The molecule has 1 unspecified atom stereocenters. The van der Waals surface area contributed by atoms with E-state index in [0.717, 1.165) is 62.0 Å². The molecule has 7 heteroatoms. The summed E-state index contributed by atoms with van der Waals surface area (Å²) in [4.78, 5) is 27.5. The van der Waals surface area contributed by atoms with Crippen molar-refractivity contribution in [3.05, 3.63) is 18.6 Å². The number of aliphatic hydroxyl groups is 1. The molecule has 2 atom stereocenters. The number of carbonyl (C=O) groups is 1. The highest BCUT2D eigenvalue weighted by molar-refractivity contribution is 5.87. The number of H-pyrrole nitrogens is 1. The molecule has 3 N–H and O–H groups in total. The Balaban J connectivity index is 1.28. The van der Waals surface area contributed by atoms with Gasteiger partial charge in [-0.1, -0.05) is 19.3 Å². The maximum atomic E-state index is 13.2. The Kier molecular flexibility index (Phi) is 4.94. The lowest BCUT2D eigenvalue weighted by Crippen LogP contribution is -2.52. The third-order valence-corrected chi connectivity index (χ3v) is 7.52. The SMILES string of the molecule is O=C(NC(CO)C1CCCCC1)[C@H]1CCN(c2ncnc3[nH]ccc23)CC12CC2. The van der Waals surface area contributed by atoms with Gasteiger partial charge in [0.2, 0.25) is 5.91 Å². The van der Waals surface area contributed by atoms with Crippen molar-refractivity contribution in [3.63, 3.8) is 0 Å². The molecule has 156 valence electrons. The lowest BCUT2D eigenvalue weighted by atomic mass is 9.80. The van der Waals surface area contributed by atoms with E-state index in [0.29, 0.717) is 5.92 Å². The fraction of sp³-hybridized carbons (Fsp3) is 0.682. The summed E-state index contributed by atoms with van der Waals surface area (Å²) >= 11 is 0. The predicted molar refractivity (Wildman–Crippen MR) is 111 cm³/mol. The topological polar surface area (TPSA) is 94.1 Å². The zero-order chi connectivity index (χ0) is 19.8. The van der Waals surface area contributed by atoms with Gasteiger partial charge in [0.1, 0.15) is 17.8 Å². The molecule has 0 radical (unpaired) electrons. The number of anilines is 1. The number of aromatic nitrogens is 3. The first-order chi connectivity index (χ1) is 14.2. The minimum Gasteiger partial charge on any atom is -0.394 e. The number of aromatic amines is 1. The van der Waals surface area contributed by atoms with Crippen LogP contribution < -0.4 is 10.2 Å². The molecule has 3 heterocycles. The van der Waals surface area contributed by atoms with E-state index in [1.807, 2.05) is 12.3 Å². The first-order valence-electron chi connectivity index (χ1n) is 11.1. The average molecular weight is 398 g/mol. The van der Waals surface area contributed by atoms with Gasteiger partial charge in [0.05, 0.1) is 18.0 Å². The van der Waals surface area contributed by atoms with Gasteiger partial charge in [-0.15, -0.1) is 0 Å². The van der Waals surface area contributed by atoms with E-state index in [-0.39, 0.29) is 29.9 Å². The molecule has 5 rings (SSSR count). The first-order valence-corrected chi connectivity index (χ1v) is 11.1. The number of hydrogen-bond donors (Lipinski definition) is 3. The van der Waals surface area contributed by atoms with Gasteiger partial charge in [-0.05, 0) is 49.5 Å². The molecule has 7 nitrogen and oxygen atoms in total. The number of carbonyl (C=O) groups excluding carboxylic acids is 1. The minimum atomic E-state index is -0.0852. The normalized spacial score (nSPS) is 25.3. The summed E-state index contributed by atoms with van der Waals surface area (Å²) in [7, 11) is 0. The lowest BCUT2D eigenvalue weighted by molar-refractivity contribution is -0.129. The molecule has 3 fully saturated rings. The third-order valence-electron chi connectivity index (χ3n) is 7.52. The van der Waals surface area contributed by atoms with Crippen molar-refractivity contribution in [2.24, 2.45) is 17.3 Å². The number of nitrogens with zero attached hydrogens (tertiary/aromatic N) is 3. The molecule has 1 saturated heterocycles. The van der Waals surface area contributed by atoms with Crippen LogP contribution in [0.1, 0.15) is 51.4 Å². The first kappa shape index (κ1) is 18.9. The summed E-state index contributed by atoms with van der Waals surface area (Å²) in [5.41, 5.74) is 0.917. The van der Waals surface area contributed by atoms with E-state index >= 15 is 0 Å². The van der Waals surface area contributed by atoms with Crippen molar-refractivity contribution in [1.82, 2.24) is 20.3 Å². The van der Waals surface area contributed by atoms with Gasteiger partial charge in [-0.25, -0.2) is 9.97 Å². The van der Waals surface area contributed by atoms with Crippen LogP contribution in [0.4, 0.5) is 5.82 Å². The predicted octanol–water partition coefficient (Wildman–Crippen LogP) is 2.62. The quantitative estimate of drug-likeness (QED) is 0.721. The Morgan fingerprint density at radius 1 is 1.28 bits per heavy atom. The van der Waals surface area contributed by atoms with E-state index in [4.69, 9.17) is 0 Å². The van der Waals surface area contributed by atoms with Crippen molar-refractivity contribution in [3.8, 4) is 0 Å². The van der Waals surface area contributed by atoms with Crippen LogP contribution in [0.3, 0.4) is 0 Å². The fourth-order valence-electron chi connectivity index (χ4n) is 5.66. The maximum absolute atomic E-state index is 13.2. The molecule has 2 aromatic rings. The highest BCUT2D eigenvalue weighted by Gasteiger charge is 2.55. The van der Waals surface area contributed by atoms with Crippen LogP contribution in [0, 0.1) is 17.3 Å². The van der Waals surface area contributed by atoms with E-state index in [2.05, 4.69) is 25.2 Å². The zero-order valence-electron chi connectivity index (χ0n) is 16.9. The summed E-state index contributed by atoms with van der Waals surface area (Å²) in [5.74, 6) is 1.59. The van der Waals surface area contributed by atoms with Gasteiger partial charge in [0.25, 0.3) is 0 Å². The summed E-state index contributed by atoms with van der Waals surface area (Å²) in [6.45, 7) is 1.74. The highest BCUT2D eigenvalue weighted by Crippen LogP contribution is 2.56. The summed E-state index contributed by atoms with van der Waals surface area (Å²) < 4.78 is 0. The second-order valence-electron chi connectivity index (χ2n) is 9.26. The number of amides is 1. The van der Waals surface area contributed by atoms with E-state index in [1.54, 1.807) is 6.33 Å². The van der Waals surface area contributed by atoms with E-state index in [9.17, 15) is 9.90 Å². The maximum Gasteiger partial charge on any atom is 0.224 e. The van der Waals surface area contributed by atoms with E-state index in [1.165, 1.54) is 19.3 Å². The number of aliphatic hydroxyl groups excluding tert-OH is 1. The zero-order valence-corrected chi connectivity index (χ0v) is 16.9. The molecule has 2 aliphatic carbocycles. The fourth-order valence-corrected chi connectivity index (χ4v) is 5.66. The molecule has 1 amide bonds. The molecule has 1 aliphatic heterocycles. The van der Waals surface area contributed by atoms with Crippen LogP contribution >= 0.6 is 0 Å². The summed E-state index contributed by atoms with van der Waals surface area (Å²) in [6.07, 6.45) is 12.5. The Morgan fingerprint density at radius 3 is 2.86 bits per heavy atom. The Morgan fingerprint density at radius 2 is 2.10 bits per heavy atom. The Labute approximate surface area is 171 Å². The molecule has 3 aliphatic rings. The average Bonchev–Trinajstić information content (AvgIpc) is 3.34. The second kappa shape index (κ2) is 7.59. The summed E-state index contributed by atoms with van der Waals surface area (Å²) in [6, 6.07) is 1.94. The second-order valence-corrected chi connectivity index (χ2v) is 9.26. The monoisotopic (exact) mass is 397 g/mol. The Bertz CT molecular complexity index is 871. The van der Waals surface area contributed by atoms with Crippen LogP contribution in [-0.4, -0.2) is 51.7 Å². The molecule has 0 aromatic carbocycles. The van der Waals surface area contributed by atoms with Gasteiger partial charge < -0.3 is 20.3 Å². The van der Waals surface area contributed by atoms with Crippen molar-refractivity contribution in [2.45, 2.75) is 57.4 Å². The number of rotatable bonds is 5. The molecular formula is C22H31N5O2. The molecule has 1 spiro atoms.